The van der Waals surface area contributed by atoms with Gasteiger partial charge in [0.1, 0.15) is 0 Å². The van der Waals surface area contributed by atoms with E-state index < -0.39 is 0 Å². The van der Waals surface area contributed by atoms with Crippen molar-refractivity contribution in [3.63, 3.8) is 0 Å². The number of hydrogen-bond acceptors (Lipinski definition) is 7. The predicted octanol–water partition coefficient (Wildman–Crippen LogP) is 8.83. The number of para-hydroxylation sites is 1. The van der Waals surface area contributed by atoms with Crippen molar-refractivity contribution in [2.24, 2.45) is 0 Å². The molecular weight excluding hydrogens is 1250 g/mol. The van der Waals surface area contributed by atoms with Crippen LogP contribution in [0.4, 0.5) is 0 Å². The van der Waals surface area contributed by atoms with Crippen molar-refractivity contribution < 1.29 is 0 Å². The van der Waals surface area contributed by atoms with E-state index in [1.54, 1.807) is 0 Å². The topological polar surface area (TPSA) is 124 Å². The molecule has 0 spiro atoms. The quantitative estimate of drug-likeness (QED) is 0.158. The van der Waals surface area contributed by atoms with Gasteiger partial charge in [-0.1, -0.05) is 0 Å². The van der Waals surface area contributed by atoms with Crippen molar-refractivity contribution in [3.8, 4) is 57.3 Å². The molecule has 0 unspecified atom stereocenters. The molecule has 0 aliphatic carbocycles. The summed E-state index contributed by atoms with van der Waals surface area (Å²) in [6, 6.07) is 59.6. The Bertz CT molecular complexity index is 4420. The summed E-state index contributed by atoms with van der Waals surface area (Å²) in [6.07, 6.45) is 23.2. The van der Waals surface area contributed by atoms with E-state index in [0.29, 0.717) is 0 Å². The Kier molecular flexibility index (Phi) is 16.6. The number of benzene rings is 2. The van der Waals surface area contributed by atoms with Crippen LogP contribution in [-0.2, 0) is 0 Å². The van der Waals surface area contributed by atoms with E-state index in [1.165, 1.54) is 44.3 Å². The molecule has 13 aromatic heterocycles. The van der Waals surface area contributed by atoms with Crippen molar-refractivity contribution in [1.29, 1.82) is 0 Å². The van der Waals surface area contributed by atoms with E-state index >= 15 is 0 Å². The standard InChI is InChI=1S/C15H10N3.C13H9N2.C12H8N3.C10H7N4.C9H7N2.5Ga.5H/c1-2-7-13-11(5-1)9-14(17-13)15-16-10-12-6-3-4-8-18(12)15;1-2-6-11-10(5-1)9-15-13(11)12-7-3-4-8-14-12;1-2-6-13-9(4-1)12-8-11-10(15-12)5-3-7-14-11;1-2-6-14-8(3-1)7-13-10(14)9-11-4-5-12-9;1-2-6-10-8(4-1)9-5-3-7-11-9;;;;;;;;;;/h1-10H;1-9H;1-8H;1-7H;1-7H;;;;;;;;;;/q5*-1;5*+1;;;;;. The van der Waals surface area contributed by atoms with Crippen LogP contribution in [0.25, 0.3) is 101 Å². The van der Waals surface area contributed by atoms with Crippen LogP contribution in [0.3, 0.4) is 0 Å². The van der Waals surface area contributed by atoms with Gasteiger partial charge in [-0.15, -0.1) is 0 Å². The Hall–Kier alpha value is -7.29. The molecule has 0 bridgehead atoms. The van der Waals surface area contributed by atoms with E-state index in [1.807, 2.05) is 147 Å². The van der Waals surface area contributed by atoms with Crippen molar-refractivity contribution >= 4 is 138 Å². The van der Waals surface area contributed by atoms with Crippen LogP contribution < -0.4 is 0 Å². The molecule has 0 saturated carbocycles. The first kappa shape index (κ1) is 52.8. The fraction of sp³-hybridized carbons (Fsp3) is 0. The summed E-state index contributed by atoms with van der Waals surface area (Å²) >= 11 is 5.32. The second-order valence-electron chi connectivity index (χ2n) is 17.8. The van der Waals surface area contributed by atoms with Crippen molar-refractivity contribution in [1.82, 2.24) is 60.1 Å². The van der Waals surface area contributed by atoms with E-state index in [2.05, 4.69) is 164 Å². The van der Waals surface area contributed by atoms with Gasteiger partial charge in [-0.25, -0.2) is 0 Å². The van der Waals surface area contributed by atoms with Crippen molar-refractivity contribution in [2.75, 3.05) is 0 Å². The molecule has 0 saturated heterocycles. The first-order chi connectivity index (χ1) is 38.3. The average Bonchev–Trinajstić information content (AvgIpc) is 4.43. The van der Waals surface area contributed by atoms with Gasteiger partial charge < -0.3 is 0 Å². The Morgan fingerprint density at radius 2 is 0.910 bits per heavy atom. The molecule has 13 heterocycles. The van der Waals surface area contributed by atoms with Crippen LogP contribution in [0.2, 0.25) is 0 Å². The third-order valence-corrected chi connectivity index (χ3v) is 19.0. The maximum atomic E-state index is 4.58. The number of hydrogen-bond donors (Lipinski definition) is 0. The van der Waals surface area contributed by atoms with Gasteiger partial charge >= 0.3 is 506 Å². The zero-order chi connectivity index (χ0) is 53.4. The Morgan fingerprint density at radius 3 is 1.54 bits per heavy atom. The summed E-state index contributed by atoms with van der Waals surface area (Å²) in [5, 5.41) is 3.85. The summed E-state index contributed by atoms with van der Waals surface area (Å²) < 4.78 is 15.3. The molecule has 0 aliphatic rings. The number of rotatable bonds is 5. The van der Waals surface area contributed by atoms with Crippen LogP contribution in [0.5, 0.6) is 0 Å². The van der Waals surface area contributed by atoms with Crippen LogP contribution in [0.1, 0.15) is 0 Å². The minimum atomic E-state index is 0.904. The zero-order valence-corrected chi connectivity index (χ0v) is 57.3. The minimum absolute atomic E-state index is 0.904. The Balaban J connectivity index is 0.000000104. The molecular formula is C59H46Ga5N14. The molecule has 15 aromatic rings. The van der Waals surface area contributed by atoms with Gasteiger partial charge in [0.15, 0.2) is 0 Å². The van der Waals surface area contributed by atoms with E-state index in [9.17, 15) is 0 Å². The first-order valence-corrected chi connectivity index (χ1v) is 31.5. The average molecular weight is 1300 g/mol. The summed E-state index contributed by atoms with van der Waals surface area (Å²) in [5.74, 6) is 2.85. The molecule has 19 heteroatoms. The fourth-order valence-corrected chi connectivity index (χ4v) is 13.9. The van der Waals surface area contributed by atoms with Crippen molar-refractivity contribution in [2.45, 2.75) is 0 Å². The molecule has 367 valence electrons. The molecule has 0 aliphatic heterocycles. The fourth-order valence-electron chi connectivity index (χ4n) is 9.13. The molecule has 0 atom stereocenters. The van der Waals surface area contributed by atoms with Crippen LogP contribution in [-0.4, -0.2) is 154 Å². The summed E-state index contributed by atoms with van der Waals surface area (Å²) in [4.78, 5) is 30.7. The SMILES string of the molecule is [GaH][n]1c(-c2ccccn2)cc2ncccc21.[GaH][n]1c(-c2ncc3ccccn23)cc2ccccc21.[GaH][n]1cc2ccccc2c1-c1ccccn1.[GaH][n]1cccc1-c1ccccn1.[GaH][n]1ccnc1-c1ncc2ccccn12. The van der Waals surface area contributed by atoms with Gasteiger partial charge in [0.05, 0.1) is 0 Å². The zero-order valence-electron chi connectivity index (χ0n) is 42.5. The predicted molar refractivity (Wildman–Crippen MR) is 321 cm³/mol. The number of nitrogens with zero attached hydrogens (tertiary/aromatic N) is 14. The molecule has 0 fully saturated rings. The summed E-state index contributed by atoms with van der Waals surface area (Å²) in [7, 11) is 0. The third kappa shape index (κ3) is 11.5. The Labute approximate surface area is 500 Å². The molecule has 14 nitrogen and oxygen atoms in total. The van der Waals surface area contributed by atoms with Gasteiger partial charge in [-0.05, 0) is 0 Å². The molecule has 15 rings (SSSR count). The summed E-state index contributed by atoms with van der Waals surface area (Å²) in [5.41, 5.74) is 13.6. The van der Waals surface area contributed by atoms with Crippen LogP contribution >= 0.6 is 0 Å². The second-order valence-corrected chi connectivity index (χ2v) is 24.7. The molecule has 78 heavy (non-hydrogen) atoms. The molecule has 5 radical (unpaired) electrons. The van der Waals surface area contributed by atoms with Crippen LogP contribution in [0, 0.1) is 0 Å². The molecule has 2 aromatic carbocycles. The molecule has 0 N–H and O–H groups in total. The first-order valence-electron chi connectivity index (χ1n) is 24.8. The van der Waals surface area contributed by atoms with Gasteiger partial charge in [0, 0.05) is 0 Å². The third-order valence-electron chi connectivity index (χ3n) is 12.9. The number of imidazole rings is 3. The van der Waals surface area contributed by atoms with Gasteiger partial charge in [0.25, 0.3) is 0 Å². The van der Waals surface area contributed by atoms with E-state index in [-0.39, 0.29) is 0 Å². The number of aromatic nitrogens is 14. The van der Waals surface area contributed by atoms with E-state index in [0.717, 1.165) is 151 Å². The van der Waals surface area contributed by atoms with Gasteiger partial charge in [-0.3, -0.25) is 0 Å². The van der Waals surface area contributed by atoms with Crippen molar-refractivity contribution in [3.05, 3.63) is 250 Å². The van der Waals surface area contributed by atoms with E-state index in [4.69, 9.17) is 0 Å². The Morgan fingerprint density at radius 1 is 0.333 bits per heavy atom. The normalized spacial score (nSPS) is 10.8. The molecule has 0 amide bonds. The number of fused-ring (bicyclic) bond motifs is 5. The second kappa shape index (κ2) is 24.6. The summed E-state index contributed by atoms with van der Waals surface area (Å²) in [6.45, 7) is 0. The van der Waals surface area contributed by atoms with Crippen LogP contribution in [0.15, 0.2) is 250 Å². The van der Waals surface area contributed by atoms with Gasteiger partial charge in [-0.2, -0.15) is 0 Å². The van der Waals surface area contributed by atoms with Gasteiger partial charge in [0.2, 0.25) is 0 Å². The monoisotopic (exact) mass is 1300 g/mol. The maximum absolute atomic E-state index is 4.58. The number of pyridine rings is 6.